The molecule has 0 heterocycles. The van der Waals surface area contributed by atoms with Gasteiger partial charge in [-0.05, 0) is 12.1 Å². The molecule has 3 unspecified atom stereocenters. The number of hydrogen-bond donors (Lipinski definition) is 0. The summed E-state index contributed by atoms with van der Waals surface area (Å²) in [5.41, 5.74) is -0.108. The molecule has 0 N–H and O–H groups in total. The van der Waals surface area contributed by atoms with E-state index >= 15 is 0 Å². The Balaban J connectivity index is 2.13. The minimum Gasteiger partial charge on any atom is -0.490 e. The zero-order valence-corrected chi connectivity index (χ0v) is 12.1. The Morgan fingerprint density at radius 1 is 1.42 bits per heavy atom. The molecule has 7 heteroatoms. The van der Waals surface area contributed by atoms with Gasteiger partial charge in [0.15, 0.2) is 5.75 Å². The molecule has 1 fully saturated rings. The average molecular weight is 332 g/mol. The fraction of sp³-hybridized carbons (Fsp3) is 0.500. The number of halogens is 1. The molecule has 0 radical (unpaired) electrons. The second-order valence-electron chi connectivity index (χ2n) is 4.20. The third-order valence-electron chi connectivity index (χ3n) is 3.09. The highest BCUT2D eigenvalue weighted by molar-refractivity contribution is 9.09. The molecule has 0 aromatic heterocycles. The van der Waals surface area contributed by atoms with Crippen LogP contribution in [0.3, 0.4) is 0 Å². The lowest BCUT2D eigenvalue weighted by molar-refractivity contribution is -0.385. The van der Waals surface area contributed by atoms with Gasteiger partial charge in [0.2, 0.25) is 0 Å². The Labute approximate surface area is 118 Å². The van der Waals surface area contributed by atoms with Crippen LogP contribution >= 0.6 is 15.9 Å². The molecule has 19 heavy (non-hydrogen) atoms. The lowest BCUT2D eigenvalue weighted by atomic mass is 9.91. The monoisotopic (exact) mass is 331 g/mol. The molecule has 6 nitrogen and oxygen atoms in total. The number of hydrogen-bond acceptors (Lipinski definition) is 5. The Morgan fingerprint density at radius 2 is 2.16 bits per heavy atom. The van der Waals surface area contributed by atoms with Crippen LogP contribution in [-0.2, 0) is 4.74 Å². The largest absolute Gasteiger partial charge is 0.490 e. The summed E-state index contributed by atoms with van der Waals surface area (Å²) in [4.78, 5) is 10.7. The van der Waals surface area contributed by atoms with E-state index in [4.69, 9.17) is 14.2 Å². The predicted molar refractivity (Wildman–Crippen MR) is 72.2 cm³/mol. The molecule has 3 atom stereocenters. The maximum atomic E-state index is 10.9. The van der Waals surface area contributed by atoms with Crippen LogP contribution in [0.25, 0.3) is 0 Å². The van der Waals surface area contributed by atoms with Gasteiger partial charge in [0.25, 0.3) is 0 Å². The van der Waals surface area contributed by atoms with E-state index in [-0.39, 0.29) is 28.5 Å². The van der Waals surface area contributed by atoms with E-state index in [1.807, 2.05) is 0 Å². The number of alkyl halides is 1. The molecule has 1 saturated carbocycles. The number of ether oxygens (including phenoxy) is 3. The van der Waals surface area contributed by atoms with E-state index in [0.717, 1.165) is 6.42 Å². The summed E-state index contributed by atoms with van der Waals surface area (Å²) in [5.74, 6) is 0.659. The SMILES string of the molecule is COc1ccc(OC2CC(Br)C2OC)cc1[N+](=O)[O-]. The van der Waals surface area contributed by atoms with Crippen LogP contribution in [0.5, 0.6) is 11.5 Å². The molecule has 0 bridgehead atoms. The van der Waals surface area contributed by atoms with Gasteiger partial charge in [-0.15, -0.1) is 0 Å². The zero-order chi connectivity index (χ0) is 14.0. The molecule has 1 aromatic carbocycles. The second-order valence-corrected chi connectivity index (χ2v) is 5.38. The minimum absolute atomic E-state index is 0.0406. The van der Waals surface area contributed by atoms with Crippen LogP contribution in [0, 0.1) is 10.1 Å². The van der Waals surface area contributed by atoms with Crippen LogP contribution < -0.4 is 9.47 Å². The van der Waals surface area contributed by atoms with Crippen molar-refractivity contribution in [2.45, 2.75) is 23.5 Å². The number of nitrogens with zero attached hydrogens (tertiary/aromatic N) is 1. The lowest BCUT2D eigenvalue weighted by Crippen LogP contribution is -2.51. The van der Waals surface area contributed by atoms with Gasteiger partial charge in [-0.1, -0.05) is 15.9 Å². The highest BCUT2D eigenvalue weighted by Crippen LogP contribution is 2.36. The molecule has 0 saturated heterocycles. The van der Waals surface area contributed by atoms with Crippen molar-refractivity contribution >= 4 is 21.6 Å². The van der Waals surface area contributed by atoms with Gasteiger partial charge in [0.05, 0.1) is 18.1 Å². The summed E-state index contributed by atoms with van der Waals surface area (Å²) >= 11 is 3.47. The van der Waals surface area contributed by atoms with Crippen molar-refractivity contribution < 1.29 is 19.1 Å². The smallest absolute Gasteiger partial charge is 0.314 e. The van der Waals surface area contributed by atoms with Crippen molar-refractivity contribution in [3.8, 4) is 11.5 Å². The van der Waals surface area contributed by atoms with Crippen molar-refractivity contribution in [3.63, 3.8) is 0 Å². The van der Waals surface area contributed by atoms with E-state index in [9.17, 15) is 10.1 Å². The first-order valence-corrected chi connectivity index (χ1v) is 6.64. The Bertz CT molecular complexity index is 481. The Kier molecular flexibility index (Phi) is 4.26. The lowest BCUT2D eigenvalue weighted by Gasteiger charge is -2.40. The summed E-state index contributed by atoms with van der Waals surface area (Å²) in [6.07, 6.45) is 0.668. The Morgan fingerprint density at radius 3 is 2.68 bits per heavy atom. The van der Waals surface area contributed by atoms with Crippen LogP contribution in [-0.4, -0.2) is 36.2 Å². The van der Waals surface area contributed by atoms with Gasteiger partial charge in [-0.25, -0.2) is 0 Å². The second kappa shape index (κ2) is 5.75. The molecule has 0 amide bonds. The van der Waals surface area contributed by atoms with Gasteiger partial charge in [-0.2, -0.15) is 0 Å². The summed E-state index contributed by atoms with van der Waals surface area (Å²) in [6.45, 7) is 0. The van der Waals surface area contributed by atoms with Crippen LogP contribution in [0.2, 0.25) is 0 Å². The minimum atomic E-state index is -0.492. The fourth-order valence-electron chi connectivity index (χ4n) is 2.00. The topological polar surface area (TPSA) is 70.8 Å². The van der Waals surface area contributed by atoms with Crippen LogP contribution in [0.4, 0.5) is 5.69 Å². The predicted octanol–water partition coefficient (Wildman–Crippen LogP) is 2.53. The van der Waals surface area contributed by atoms with Crippen molar-refractivity contribution in [2.75, 3.05) is 14.2 Å². The number of nitro benzene ring substituents is 1. The fourth-order valence-corrected chi connectivity index (χ4v) is 2.93. The van der Waals surface area contributed by atoms with Crippen LogP contribution in [0.1, 0.15) is 6.42 Å². The normalized spacial score (nSPS) is 25.5. The van der Waals surface area contributed by atoms with E-state index in [0.29, 0.717) is 5.75 Å². The van der Waals surface area contributed by atoms with E-state index < -0.39 is 4.92 Å². The first-order valence-electron chi connectivity index (χ1n) is 5.72. The molecule has 1 aliphatic rings. The van der Waals surface area contributed by atoms with E-state index in [1.54, 1.807) is 13.2 Å². The standard InChI is InChI=1S/C12H14BrNO5/c1-17-10-4-3-7(5-9(10)14(15)16)19-11-6-8(13)12(11)18-2/h3-5,8,11-12H,6H2,1-2H3. The molecule has 2 rings (SSSR count). The molecule has 104 valence electrons. The van der Waals surface area contributed by atoms with Crippen molar-refractivity contribution in [1.82, 2.24) is 0 Å². The van der Waals surface area contributed by atoms with Crippen LogP contribution in [0.15, 0.2) is 18.2 Å². The molecular weight excluding hydrogens is 318 g/mol. The summed E-state index contributed by atoms with van der Waals surface area (Å²) in [5, 5.41) is 10.9. The maximum Gasteiger partial charge on any atom is 0.314 e. The summed E-state index contributed by atoms with van der Waals surface area (Å²) in [6, 6.07) is 4.55. The third-order valence-corrected chi connectivity index (χ3v) is 3.98. The van der Waals surface area contributed by atoms with E-state index in [1.165, 1.54) is 19.2 Å². The summed E-state index contributed by atoms with van der Waals surface area (Å²) in [7, 11) is 3.01. The third kappa shape index (κ3) is 2.82. The average Bonchev–Trinajstić information content (AvgIpc) is 2.38. The highest BCUT2D eigenvalue weighted by Gasteiger charge is 2.41. The highest BCUT2D eigenvalue weighted by atomic mass is 79.9. The van der Waals surface area contributed by atoms with Crippen molar-refractivity contribution in [3.05, 3.63) is 28.3 Å². The number of methoxy groups -OCH3 is 2. The van der Waals surface area contributed by atoms with Crippen molar-refractivity contribution in [1.29, 1.82) is 0 Å². The molecule has 0 spiro atoms. The molecule has 1 aromatic rings. The number of rotatable bonds is 5. The first-order chi connectivity index (χ1) is 9.06. The Hall–Kier alpha value is -1.34. The van der Waals surface area contributed by atoms with E-state index in [2.05, 4.69) is 15.9 Å². The molecular formula is C12H14BrNO5. The summed E-state index contributed by atoms with van der Waals surface area (Å²) < 4.78 is 15.9. The van der Waals surface area contributed by atoms with Gasteiger partial charge < -0.3 is 14.2 Å². The number of benzene rings is 1. The first kappa shape index (κ1) is 14.1. The van der Waals surface area contributed by atoms with Gasteiger partial charge in [0, 0.05) is 18.4 Å². The van der Waals surface area contributed by atoms with Gasteiger partial charge in [-0.3, -0.25) is 10.1 Å². The van der Waals surface area contributed by atoms with Crippen molar-refractivity contribution in [2.24, 2.45) is 0 Å². The molecule has 1 aliphatic carbocycles. The quantitative estimate of drug-likeness (QED) is 0.471. The van der Waals surface area contributed by atoms with Gasteiger partial charge >= 0.3 is 5.69 Å². The maximum absolute atomic E-state index is 10.9. The zero-order valence-electron chi connectivity index (χ0n) is 10.5. The number of nitro groups is 1. The van der Waals surface area contributed by atoms with Gasteiger partial charge in [0.1, 0.15) is 18.0 Å². The molecule has 0 aliphatic heterocycles.